The van der Waals surface area contributed by atoms with Crippen molar-refractivity contribution in [1.82, 2.24) is 29.0 Å². The Morgan fingerprint density at radius 2 is 1.92 bits per heavy atom. The average Bonchev–Trinajstić information content (AvgIpc) is 3.23. The SMILES string of the molecule is Cc1nn(C)cc1-c1nccc(Nc2cc3c(C(C)C)ccc(N4C[C@H](CS(=O)(=O)N(C)C)[C@H]4N)c3cn2)n1. The molecule has 1 aromatic carbocycles. The minimum absolute atomic E-state index is 0.0332. The lowest BCUT2D eigenvalue weighted by Crippen LogP contribution is -2.63. The Morgan fingerprint density at radius 3 is 2.56 bits per heavy atom. The second-order valence-corrected chi connectivity index (χ2v) is 12.8. The van der Waals surface area contributed by atoms with Crippen LogP contribution in [0.5, 0.6) is 0 Å². The summed E-state index contributed by atoms with van der Waals surface area (Å²) in [7, 11) is 1.65. The minimum Gasteiger partial charge on any atom is -0.355 e. The fourth-order valence-electron chi connectivity index (χ4n) is 5.01. The van der Waals surface area contributed by atoms with Crippen molar-refractivity contribution in [2.75, 3.05) is 36.6 Å². The molecule has 0 aliphatic carbocycles. The number of fused-ring (bicyclic) bond motifs is 1. The summed E-state index contributed by atoms with van der Waals surface area (Å²) in [6.45, 7) is 6.82. The average molecular weight is 550 g/mol. The molecule has 4 heterocycles. The standard InChI is InChI=1S/C27H35N9O2S/c1-16(2)19-7-8-23(36-13-18(26(36)28)15-39(37,38)34(4)5)21-12-30-25(11-20(19)21)31-24-9-10-29-27(32-24)22-14-35(6)33-17(22)3/h7-12,14,16,18,26H,13,15,28H2,1-6H3,(H,29,30,31,32)/t18-,26+/m1/s1. The van der Waals surface area contributed by atoms with Gasteiger partial charge < -0.3 is 16.0 Å². The molecule has 12 heteroatoms. The van der Waals surface area contributed by atoms with Crippen LogP contribution < -0.4 is 16.0 Å². The maximum absolute atomic E-state index is 12.4. The number of pyridine rings is 1. The van der Waals surface area contributed by atoms with Crippen LogP contribution in [-0.2, 0) is 17.1 Å². The second kappa shape index (κ2) is 10.2. The maximum atomic E-state index is 12.4. The van der Waals surface area contributed by atoms with Gasteiger partial charge in [0.1, 0.15) is 11.6 Å². The molecule has 0 spiro atoms. The van der Waals surface area contributed by atoms with Gasteiger partial charge in [0.25, 0.3) is 0 Å². The normalized spacial score (nSPS) is 17.7. The van der Waals surface area contributed by atoms with Gasteiger partial charge in [0, 0.05) is 63.3 Å². The van der Waals surface area contributed by atoms with Gasteiger partial charge in [0.05, 0.1) is 23.2 Å². The van der Waals surface area contributed by atoms with Crippen LogP contribution in [0.1, 0.15) is 31.0 Å². The van der Waals surface area contributed by atoms with Gasteiger partial charge in [-0.2, -0.15) is 5.10 Å². The molecule has 206 valence electrons. The number of anilines is 3. The third-order valence-corrected chi connectivity index (χ3v) is 9.23. The van der Waals surface area contributed by atoms with Crippen molar-refractivity contribution in [1.29, 1.82) is 0 Å². The molecule has 1 aliphatic rings. The zero-order valence-corrected chi connectivity index (χ0v) is 23.9. The van der Waals surface area contributed by atoms with E-state index >= 15 is 0 Å². The molecule has 0 saturated carbocycles. The van der Waals surface area contributed by atoms with Crippen molar-refractivity contribution in [2.24, 2.45) is 18.7 Å². The number of sulfonamides is 1. The molecule has 39 heavy (non-hydrogen) atoms. The molecule has 0 amide bonds. The summed E-state index contributed by atoms with van der Waals surface area (Å²) in [5.74, 6) is 2.07. The molecule has 2 atom stereocenters. The number of nitrogens with two attached hydrogens (primary N) is 1. The molecular weight excluding hydrogens is 514 g/mol. The zero-order valence-electron chi connectivity index (χ0n) is 23.1. The molecule has 4 aromatic rings. The Morgan fingerprint density at radius 1 is 1.15 bits per heavy atom. The Bertz CT molecular complexity index is 1630. The predicted molar refractivity (Wildman–Crippen MR) is 154 cm³/mol. The number of nitrogens with one attached hydrogen (secondary N) is 1. The fraction of sp³-hybridized carbons (Fsp3) is 0.407. The van der Waals surface area contributed by atoms with E-state index in [-0.39, 0.29) is 17.8 Å². The van der Waals surface area contributed by atoms with Crippen LogP contribution in [-0.4, -0.2) is 70.0 Å². The van der Waals surface area contributed by atoms with Crippen molar-refractivity contribution in [3.63, 3.8) is 0 Å². The quantitative estimate of drug-likeness (QED) is 0.340. The van der Waals surface area contributed by atoms with Gasteiger partial charge in [-0.05, 0) is 42.0 Å². The largest absolute Gasteiger partial charge is 0.355 e. The first-order valence-electron chi connectivity index (χ1n) is 12.9. The van der Waals surface area contributed by atoms with Crippen molar-refractivity contribution in [2.45, 2.75) is 32.9 Å². The highest BCUT2D eigenvalue weighted by Crippen LogP contribution is 2.38. The van der Waals surface area contributed by atoms with Crippen molar-refractivity contribution in [3.8, 4) is 11.4 Å². The van der Waals surface area contributed by atoms with Crippen LogP contribution >= 0.6 is 0 Å². The van der Waals surface area contributed by atoms with Crippen LogP contribution in [0.25, 0.3) is 22.2 Å². The summed E-state index contributed by atoms with van der Waals surface area (Å²) >= 11 is 0. The molecule has 11 nitrogen and oxygen atoms in total. The van der Waals surface area contributed by atoms with Gasteiger partial charge in [-0.25, -0.2) is 27.7 Å². The molecule has 5 rings (SSSR count). The van der Waals surface area contributed by atoms with Gasteiger partial charge in [-0.1, -0.05) is 19.9 Å². The molecule has 0 bridgehead atoms. The molecule has 0 radical (unpaired) electrons. The van der Waals surface area contributed by atoms with Gasteiger partial charge in [-0.3, -0.25) is 4.68 Å². The molecular formula is C27H35N9O2S. The summed E-state index contributed by atoms with van der Waals surface area (Å²) in [5, 5.41) is 9.76. The summed E-state index contributed by atoms with van der Waals surface area (Å²) in [6.07, 6.45) is 5.08. The first-order chi connectivity index (χ1) is 18.4. The summed E-state index contributed by atoms with van der Waals surface area (Å²) in [4.78, 5) is 15.9. The topological polar surface area (TPSA) is 135 Å². The maximum Gasteiger partial charge on any atom is 0.214 e. The third kappa shape index (κ3) is 5.19. The van der Waals surface area contributed by atoms with Gasteiger partial charge in [0.2, 0.25) is 10.0 Å². The number of hydrogen-bond donors (Lipinski definition) is 2. The van der Waals surface area contributed by atoms with Crippen molar-refractivity contribution < 1.29 is 8.42 Å². The van der Waals surface area contributed by atoms with Gasteiger partial charge in [0.15, 0.2) is 5.82 Å². The van der Waals surface area contributed by atoms with Gasteiger partial charge in [-0.15, -0.1) is 0 Å². The summed E-state index contributed by atoms with van der Waals surface area (Å²) in [5.41, 5.74) is 10.4. The number of hydrogen-bond acceptors (Lipinski definition) is 9. The number of nitrogens with zero attached hydrogens (tertiary/aromatic N) is 7. The molecule has 3 aromatic heterocycles. The zero-order chi connectivity index (χ0) is 28.1. The van der Waals surface area contributed by atoms with Gasteiger partial charge >= 0.3 is 0 Å². The lowest BCUT2D eigenvalue weighted by molar-refractivity contribution is 0.324. The van der Waals surface area contributed by atoms with E-state index in [9.17, 15) is 8.42 Å². The lowest BCUT2D eigenvalue weighted by Gasteiger charge is -2.48. The molecule has 1 aliphatic heterocycles. The highest BCUT2D eigenvalue weighted by molar-refractivity contribution is 7.89. The summed E-state index contributed by atoms with van der Waals surface area (Å²) in [6, 6.07) is 8.03. The van der Waals surface area contributed by atoms with Crippen molar-refractivity contribution in [3.05, 3.63) is 54.1 Å². The molecule has 1 fully saturated rings. The molecule has 1 saturated heterocycles. The number of benzene rings is 1. The van der Waals surface area contributed by atoms with E-state index in [2.05, 4.69) is 51.3 Å². The van der Waals surface area contributed by atoms with Crippen LogP contribution in [0, 0.1) is 12.8 Å². The van der Waals surface area contributed by atoms with E-state index in [1.165, 1.54) is 9.87 Å². The first-order valence-corrected chi connectivity index (χ1v) is 14.5. The number of aromatic nitrogens is 5. The third-order valence-electron chi connectivity index (χ3n) is 7.26. The Hall–Kier alpha value is -3.61. The smallest absolute Gasteiger partial charge is 0.214 e. The number of rotatable bonds is 8. The van der Waals surface area contributed by atoms with Crippen molar-refractivity contribution >= 4 is 38.1 Å². The van der Waals surface area contributed by atoms with E-state index in [4.69, 9.17) is 10.7 Å². The van der Waals surface area contributed by atoms with Crippen LogP contribution in [0.15, 0.2) is 42.9 Å². The van der Waals surface area contributed by atoms with Crippen LogP contribution in [0.4, 0.5) is 17.3 Å². The summed E-state index contributed by atoms with van der Waals surface area (Å²) < 4.78 is 27.8. The predicted octanol–water partition coefficient (Wildman–Crippen LogP) is 3.21. The molecule has 3 N–H and O–H groups in total. The highest BCUT2D eigenvalue weighted by atomic mass is 32.2. The molecule has 0 unspecified atom stereocenters. The number of aryl methyl sites for hydroxylation is 2. The van der Waals surface area contributed by atoms with E-state index < -0.39 is 10.0 Å². The second-order valence-electron chi connectivity index (χ2n) is 10.6. The fourth-order valence-corrected chi connectivity index (χ4v) is 6.15. The Balaban J connectivity index is 1.44. The van der Waals surface area contributed by atoms with E-state index in [1.54, 1.807) is 25.0 Å². The highest BCUT2D eigenvalue weighted by Gasteiger charge is 2.40. The Labute approximate surface area is 229 Å². The van der Waals surface area contributed by atoms with Crippen LogP contribution in [0.2, 0.25) is 0 Å². The Kier molecular flexibility index (Phi) is 7.04. The van der Waals surface area contributed by atoms with Crippen LogP contribution in [0.3, 0.4) is 0 Å². The van der Waals surface area contributed by atoms with E-state index in [0.29, 0.717) is 29.9 Å². The van der Waals surface area contributed by atoms with E-state index in [0.717, 1.165) is 27.7 Å². The lowest BCUT2D eigenvalue weighted by atomic mass is 9.92. The monoisotopic (exact) mass is 549 g/mol. The minimum atomic E-state index is -3.32. The first kappa shape index (κ1) is 27.0. The van der Waals surface area contributed by atoms with E-state index in [1.807, 2.05) is 38.5 Å².